The third-order valence-corrected chi connectivity index (χ3v) is 3.23. The van der Waals surface area contributed by atoms with Crippen LogP contribution in [0.2, 0.25) is 0 Å². The summed E-state index contributed by atoms with van der Waals surface area (Å²) in [5, 5.41) is 8.21. The van der Waals surface area contributed by atoms with Crippen molar-refractivity contribution in [3.63, 3.8) is 0 Å². The lowest BCUT2D eigenvalue weighted by Crippen LogP contribution is -2.07. The summed E-state index contributed by atoms with van der Waals surface area (Å²) in [4.78, 5) is 0. The van der Waals surface area contributed by atoms with Gasteiger partial charge in [-0.2, -0.15) is 0 Å². The summed E-state index contributed by atoms with van der Waals surface area (Å²) < 4.78 is 13.2. The van der Waals surface area contributed by atoms with Gasteiger partial charge in [0.15, 0.2) is 17.3 Å². The minimum Gasteiger partial charge on any atom is -0.493 e. The van der Waals surface area contributed by atoms with Gasteiger partial charge in [-0.25, -0.2) is 0 Å². The Labute approximate surface area is 125 Å². The molecule has 0 atom stereocenters. The van der Waals surface area contributed by atoms with E-state index in [1.165, 1.54) is 0 Å². The number of allylic oxidation sites excluding steroid dienone is 1. The highest BCUT2D eigenvalue weighted by Gasteiger charge is 2.10. The SMILES string of the molecule is C/C=C/c1ccc(OCc2nnc(C)n2CC)c(OC)c1. The number of benzene rings is 1. The van der Waals surface area contributed by atoms with Crippen LogP contribution < -0.4 is 9.47 Å². The Kier molecular flexibility index (Phi) is 4.98. The molecule has 0 radical (unpaired) electrons. The molecule has 2 rings (SSSR count). The number of aromatic nitrogens is 3. The summed E-state index contributed by atoms with van der Waals surface area (Å²) in [6.45, 7) is 7.18. The van der Waals surface area contributed by atoms with Gasteiger partial charge in [0.05, 0.1) is 7.11 Å². The summed E-state index contributed by atoms with van der Waals surface area (Å²) in [6, 6.07) is 5.85. The lowest BCUT2D eigenvalue weighted by Gasteiger charge is -2.11. The molecule has 0 fully saturated rings. The predicted octanol–water partition coefficient (Wildman–Crippen LogP) is 3.23. The van der Waals surface area contributed by atoms with Crippen molar-refractivity contribution in [3.05, 3.63) is 41.5 Å². The molecule has 1 aromatic carbocycles. The van der Waals surface area contributed by atoms with Gasteiger partial charge in [-0.15, -0.1) is 10.2 Å². The first-order valence-corrected chi connectivity index (χ1v) is 7.01. The van der Waals surface area contributed by atoms with Crippen LogP contribution in [0.15, 0.2) is 24.3 Å². The first kappa shape index (κ1) is 15.1. The Morgan fingerprint density at radius 1 is 1.24 bits per heavy atom. The van der Waals surface area contributed by atoms with E-state index in [-0.39, 0.29) is 0 Å². The van der Waals surface area contributed by atoms with Crippen LogP contribution in [0.5, 0.6) is 11.5 Å². The molecule has 0 aliphatic carbocycles. The number of aryl methyl sites for hydroxylation is 1. The zero-order valence-corrected chi connectivity index (χ0v) is 13.0. The van der Waals surface area contributed by atoms with E-state index >= 15 is 0 Å². The fourth-order valence-electron chi connectivity index (χ4n) is 2.18. The molecule has 0 bridgehead atoms. The van der Waals surface area contributed by atoms with E-state index in [2.05, 4.69) is 17.1 Å². The monoisotopic (exact) mass is 287 g/mol. The summed E-state index contributed by atoms with van der Waals surface area (Å²) in [7, 11) is 1.64. The number of hydrogen-bond acceptors (Lipinski definition) is 4. The Balaban J connectivity index is 2.15. The predicted molar refractivity (Wildman–Crippen MR) is 82.5 cm³/mol. The van der Waals surface area contributed by atoms with Crippen molar-refractivity contribution in [1.29, 1.82) is 0 Å². The number of hydrogen-bond donors (Lipinski definition) is 0. The highest BCUT2D eigenvalue weighted by Crippen LogP contribution is 2.29. The zero-order valence-electron chi connectivity index (χ0n) is 13.0. The molecule has 112 valence electrons. The van der Waals surface area contributed by atoms with Crippen molar-refractivity contribution in [1.82, 2.24) is 14.8 Å². The number of methoxy groups -OCH3 is 1. The van der Waals surface area contributed by atoms with Gasteiger partial charge < -0.3 is 14.0 Å². The topological polar surface area (TPSA) is 49.2 Å². The van der Waals surface area contributed by atoms with Crippen LogP contribution in [0.1, 0.15) is 31.1 Å². The summed E-state index contributed by atoms with van der Waals surface area (Å²) in [5.74, 6) is 3.13. The van der Waals surface area contributed by atoms with E-state index in [1.54, 1.807) is 7.11 Å². The highest BCUT2D eigenvalue weighted by molar-refractivity contribution is 5.55. The van der Waals surface area contributed by atoms with Crippen molar-refractivity contribution < 1.29 is 9.47 Å². The van der Waals surface area contributed by atoms with Crippen LogP contribution >= 0.6 is 0 Å². The highest BCUT2D eigenvalue weighted by atomic mass is 16.5. The Hall–Kier alpha value is -2.30. The molecule has 5 nitrogen and oxygen atoms in total. The third kappa shape index (κ3) is 3.42. The number of ether oxygens (including phenoxy) is 2. The quantitative estimate of drug-likeness (QED) is 0.818. The average molecular weight is 287 g/mol. The lowest BCUT2D eigenvalue weighted by atomic mass is 10.2. The molecule has 0 aliphatic heterocycles. The molecule has 1 aromatic heterocycles. The van der Waals surface area contributed by atoms with Crippen LogP contribution in [-0.2, 0) is 13.2 Å². The molecule has 0 amide bonds. The molecular weight excluding hydrogens is 266 g/mol. The van der Waals surface area contributed by atoms with Crippen LogP contribution in [-0.4, -0.2) is 21.9 Å². The van der Waals surface area contributed by atoms with E-state index in [0.717, 1.165) is 23.8 Å². The maximum Gasteiger partial charge on any atom is 0.171 e. The van der Waals surface area contributed by atoms with E-state index in [1.807, 2.05) is 48.8 Å². The van der Waals surface area contributed by atoms with Crippen LogP contribution in [0.3, 0.4) is 0 Å². The van der Waals surface area contributed by atoms with Gasteiger partial charge in [0.25, 0.3) is 0 Å². The van der Waals surface area contributed by atoms with Crippen molar-refractivity contribution in [2.75, 3.05) is 7.11 Å². The molecule has 0 saturated heterocycles. The first-order chi connectivity index (χ1) is 10.2. The summed E-state index contributed by atoms with van der Waals surface area (Å²) in [6.07, 6.45) is 4.01. The fourth-order valence-corrected chi connectivity index (χ4v) is 2.18. The maximum absolute atomic E-state index is 5.83. The molecular formula is C16H21N3O2. The van der Waals surface area contributed by atoms with Crippen LogP contribution in [0.25, 0.3) is 6.08 Å². The minimum atomic E-state index is 0.369. The van der Waals surface area contributed by atoms with Gasteiger partial charge in [-0.3, -0.25) is 0 Å². The molecule has 0 spiro atoms. The minimum absolute atomic E-state index is 0.369. The standard InChI is InChI=1S/C16H21N3O2/c1-5-7-13-8-9-14(15(10-13)20-4)21-11-16-18-17-12(3)19(16)6-2/h5,7-10H,6,11H2,1-4H3/b7-5+. The molecule has 0 aliphatic rings. The summed E-state index contributed by atoms with van der Waals surface area (Å²) in [5.41, 5.74) is 1.08. The van der Waals surface area contributed by atoms with Crippen molar-refractivity contribution >= 4 is 6.08 Å². The van der Waals surface area contributed by atoms with Crippen molar-refractivity contribution in [3.8, 4) is 11.5 Å². The van der Waals surface area contributed by atoms with E-state index in [0.29, 0.717) is 18.1 Å². The molecule has 0 unspecified atom stereocenters. The van der Waals surface area contributed by atoms with Gasteiger partial charge in [0.2, 0.25) is 0 Å². The van der Waals surface area contributed by atoms with Crippen LogP contribution in [0.4, 0.5) is 0 Å². The average Bonchev–Trinajstić information content (AvgIpc) is 2.86. The van der Waals surface area contributed by atoms with E-state index in [4.69, 9.17) is 9.47 Å². The van der Waals surface area contributed by atoms with Gasteiger partial charge in [-0.1, -0.05) is 18.2 Å². The third-order valence-electron chi connectivity index (χ3n) is 3.23. The van der Waals surface area contributed by atoms with Gasteiger partial charge in [0, 0.05) is 6.54 Å². The molecule has 2 aromatic rings. The second-order valence-electron chi connectivity index (χ2n) is 4.61. The molecule has 1 heterocycles. The Bertz CT molecular complexity index is 632. The summed E-state index contributed by atoms with van der Waals surface area (Å²) >= 11 is 0. The Morgan fingerprint density at radius 3 is 2.71 bits per heavy atom. The van der Waals surface area contributed by atoms with Gasteiger partial charge in [-0.05, 0) is 38.5 Å². The second-order valence-corrected chi connectivity index (χ2v) is 4.61. The van der Waals surface area contributed by atoms with Crippen molar-refractivity contribution in [2.24, 2.45) is 0 Å². The first-order valence-electron chi connectivity index (χ1n) is 7.01. The molecule has 0 saturated carbocycles. The number of rotatable bonds is 6. The van der Waals surface area contributed by atoms with Gasteiger partial charge >= 0.3 is 0 Å². The van der Waals surface area contributed by atoms with E-state index in [9.17, 15) is 0 Å². The molecule has 21 heavy (non-hydrogen) atoms. The van der Waals surface area contributed by atoms with Crippen LogP contribution in [0, 0.1) is 6.92 Å². The maximum atomic E-state index is 5.83. The Morgan fingerprint density at radius 2 is 2.05 bits per heavy atom. The smallest absolute Gasteiger partial charge is 0.171 e. The van der Waals surface area contributed by atoms with E-state index < -0.39 is 0 Å². The van der Waals surface area contributed by atoms with Crippen molar-refractivity contribution in [2.45, 2.75) is 33.9 Å². The fraction of sp³-hybridized carbons (Fsp3) is 0.375. The normalized spacial score (nSPS) is 11.0. The zero-order chi connectivity index (χ0) is 15.2. The molecule has 0 N–H and O–H groups in total. The molecule has 5 heteroatoms. The van der Waals surface area contributed by atoms with Gasteiger partial charge in [0.1, 0.15) is 12.4 Å². The lowest BCUT2D eigenvalue weighted by molar-refractivity contribution is 0.271. The second kappa shape index (κ2) is 6.92. The largest absolute Gasteiger partial charge is 0.493 e. The number of nitrogens with zero attached hydrogens (tertiary/aromatic N) is 3.